The molecule has 0 radical (unpaired) electrons. The molecule has 0 fully saturated rings. The molecule has 96 heavy (non-hydrogen) atoms. The number of benzene rings is 12. The Morgan fingerprint density at radius 1 is 0.0938 bits per heavy atom. The molecule has 0 nitrogen and oxygen atoms in total. The predicted octanol–water partition coefficient (Wildman–Crippen LogP) is 28.0. The summed E-state index contributed by atoms with van der Waals surface area (Å²) < 4.78 is 0. The van der Waals surface area contributed by atoms with Gasteiger partial charge >= 0.3 is 0 Å². The maximum absolute atomic E-state index is 3.63. The monoisotopic (exact) mass is 1250 g/mol. The van der Waals surface area contributed by atoms with Crippen LogP contribution >= 0.6 is 0 Å². The van der Waals surface area contributed by atoms with Crippen molar-refractivity contribution in [2.75, 3.05) is 0 Å². The topological polar surface area (TPSA) is 0 Å². The molecule has 0 atom stereocenters. The predicted molar refractivity (Wildman–Crippen MR) is 438 cm³/mol. The molecule has 0 aromatic heterocycles. The quantitative estimate of drug-likeness (QED) is 0.114. The van der Waals surface area contributed by atoms with E-state index in [-0.39, 0.29) is 0 Å². The van der Waals surface area contributed by atoms with Crippen molar-refractivity contribution in [1.82, 2.24) is 0 Å². The Kier molecular flexibility index (Phi) is 51.0. The second-order valence-electron chi connectivity index (χ2n) is 19.4. The van der Waals surface area contributed by atoms with Gasteiger partial charge in [-0.2, -0.15) is 0 Å². The molecule has 0 bridgehead atoms. The first-order valence-corrected chi connectivity index (χ1v) is 31.3. The number of rotatable bonds is 12. The maximum Gasteiger partial charge on any atom is -0.0263 e. The van der Waals surface area contributed by atoms with Gasteiger partial charge in [-0.3, -0.25) is 0 Å². The maximum atomic E-state index is 3.63. The number of hydrogen-bond acceptors (Lipinski definition) is 0. The van der Waals surface area contributed by atoms with Crippen LogP contribution in [0.4, 0.5) is 0 Å². The summed E-state index contributed by atoms with van der Waals surface area (Å²) in [5.41, 5.74) is 14.1. The van der Waals surface area contributed by atoms with Gasteiger partial charge in [-0.1, -0.05) is 516 Å². The van der Waals surface area contributed by atoms with Crippen molar-refractivity contribution < 1.29 is 0 Å². The normalized spacial score (nSPS) is 8.50. The lowest BCUT2D eigenvalue weighted by molar-refractivity contribution is 1.67. The van der Waals surface area contributed by atoms with Crippen LogP contribution in [-0.2, 0) is 0 Å². The second kappa shape index (κ2) is 60.1. The highest BCUT2D eigenvalue weighted by molar-refractivity contribution is 5.52. The van der Waals surface area contributed by atoms with Gasteiger partial charge in [0.05, 0.1) is 0 Å². The van der Waals surface area contributed by atoms with E-state index in [0.717, 1.165) is 0 Å². The highest BCUT2D eigenvalue weighted by Crippen LogP contribution is 2.05. The minimum absolute atomic E-state index is 1.17. The van der Waals surface area contributed by atoms with Gasteiger partial charge in [0.2, 0.25) is 0 Å². The van der Waals surface area contributed by atoms with Crippen molar-refractivity contribution in [3.05, 3.63) is 510 Å². The lowest BCUT2D eigenvalue weighted by Gasteiger charge is -1.85. The Morgan fingerprint density at radius 2 is 0.146 bits per heavy atom. The third-order valence-electron chi connectivity index (χ3n) is 12.4. The van der Waals surface area contributed by atoms with Gasteiger partial charge in [-0.15, -0.1) is 0 Å². The summed E-state index contributed by atoms with van der Waals surface area (Å²) in [7, 11) is 0. The van der Waals surface area contributed by atoms with Crippen LogP contribution in [0.25, 0.3) is 72.9 Å². The molecule has 0 saturated heterocycles. The molecule has 0 aliphatic heterocycles. The summed E-state index contributed by atoms with van der Waals surface area (Å²) in [5.74, 6) is 0. The minimum Gasteiger partial charge on any atom is -0.0985 e. The Hall–Kier alpha value is -12.5. The molecule has 0 spiro atoms. The molecule has 0 heterocycles. The van der Waals surface area contributed by atoms with Gasteiger partial charge < -0.3 is 0 Å². The van der Waals surface area contributed by atoms with Crippen molar-refractivity contribution in [3.8, 4) is 0 Å². The zero-order valence-corrected chi connectivity index (χ0v) is 56.1. The molecule has 12 aromatic rings. The lowest BCUT2D eigenvalue weighted by atomic mass is 10.2. The van der Waals surface area contributed by atoms with Gasteiger partial charge in [0, 0.05) is 0 Å². The van der Waals surface area contributed by atoms with Crippen molar-refractivity contribution >= 4 is 72.9 Å². The van der Waals surface area contributed by atoms with Gasteiger partial charge in [0.25, 0.3) is 0 Å². The summed E-state index contributed by atoms with van der Waals surface area (Å²) in [6.45, 7) is 43.6. The molecule has 0 aliphatic rings. The Balaban J connectivity index is 0.000000524. The van der Waals surface area contributed by atoms with Crippen LogP contribution in [0.3, 0.4) is 0 Å². The van der Waals surface area contributed by atoms with Crippen molar-refractivity contribution in [3.63, 3.8) is 0 Å². The standard InChI is InChI=1S/12C8H8/c12*1-2-8-6-4-3-5-7-8/h12*2-7H,1H2. The van der Waals surface area contributed by atoms with Crippen molar-refractivity contribution in [1.29, 1.82) is 0 Å². The largest absolute Gasteiger partial charge is 0.0985 e. The molecule has 0 N–H and O–H groups in total. The van der Waals surface area contributed by atoms with E-state index in [2.05, 4.69) is 78.9 Å². The van der Waals surface area contributed by atoms with Gasteiger partial charge in [0.1, 0.15) is 0 Å². The lowest BCUT2D eigenvalue weighted by Crippen LogP contribution is -1.63. The van der Waals surface area contributed by atoms with E-state index in [1.165, 1.54) is 66.8 Å². The first kappa shape index (κ1) is 81.5. The minimum atomic E-state index is 1.17. The molecule has 0 heteroatoms. The fourth-order valence-electron chi connectivity index (χ4n) is 7.07. The van der Waals surface area contributed by atoms with Gasteiger partial charge in [-0.05, 0) is 66.8 Å². The van der Waals surface area contributed by atoms with Crippen LogP contribution in [-0.4, -0.2) is 0 Å². The van der Waals surface area contributed by atoms with Crippen molar-refractivity contribution in [2.24, 2.45) is 0 Å². The molecular weight excluding hydrogens is 1150 g/mol. The Bertz CT molecular complexity index is 2890. The zero-order valence-electron chi connectivity index (χ0n) is 56.1. The molecule has 0 unspecified atom stereocenters. The van der Waals surface area contributed by atoms with E-state index in [9.17, 15) is 0 Å². The van der Waals surface area contributed by atoms with Crippen LogP contribution in [0.1, 0.15) is 66.8 Å². The first-order valence-electron chi connectivity index (χ1n) is 31.3. The summed E-state index contributed by atoms with van der Waals surface area (Å²) in [4.78, 5) is 0. The van der Waals surface area contributed by atoms with Crippen LogP contribution in [0, 0.1) is 0 Å². The van der Waals surface area contributed by atoms with E-state index in [0.29, 0.717) is 0 Å². The fourth-order valence-corrected chi connectivity index (χ4v) is 7.07. The summed E-state index contributed by atoms with van der Waals surface area (Å²) >= 11 is 0. The molecule has 0 saturated carbocycles. The van der Waals surface area contributed by atoms with Crippen LogP contribution in [0.2, 0.25) is 0 Å². The molecule has 0 aliphatic carbocycles. The summed E-state index contributed by atoms with van der Waals surface area (Å²) in [6.07, 6.45) is 22.0. The SMILES string of the molecule is C=Cc1ccccc1.C=Cc1ccccc1.C=Cc1ccccc1.C=Cc1ccccc1.C=Cc1ccccc1.C=Cc1ccccc1.C=Cc1ccccc1.C=Cc1ccccc1.C=Cc1ccccc1.C=Cc1ccccc1.C=Cc1ccccc1.C=Cc1ccccc1. The third-order valence-corrected chi connectivity index (χ3v) is 12.4. The highest BCUT2D eigenvalue weighted by Gasteiger charge is 1.83. The van der Waals surface area contributed by atoms with Crippen LogP contribution in [0.15, 0.2) is 443 Å². The van der Waals surface area contributed by atoms with E-state index >= 15 is 0 Å². The highest BCUT2D eigenvalue weighted by atomic mass is 13.9. The Morgan fingerprint density at radius 3 is 0.177 bits per heavy atom. The average molecular weight is 1250 g/mol. The fraction of sp³-hybridized carbons (Fsp3) is 0. The van der Waals surface area contributed by atoms with Crippen LogP contribution in [0.5, 0.6) is 0 Å². The van der Waals surface area contributed by atoms with Crippen molar-refractivity contribution in [2.45, 2.75) is 0 Å². The van der Waals surface area contributed by atoms with E-state index in [1.54, 1.807) is 0 Å². The van der Waals surface area contributed by atoms with Crippen LogP contribution < -0.4 is 0 Å². The summed E-state index contributed by atoms with van der Waals surface area (Å²) in [5, 5.41) is 0. The molecule has 480 valence electrons. The van der Waals surface area contributed by atoms with E-state index < -0.39 is 0 Å². The zero-order chi connectivity index (χ0) is 69.8. The van der Waals surface area contributed by atoms with E-state index in [1.807, 2.05) is 437 Å². The van der Waals surface area contributed by atoms with E-state index in [4.69, 9.17) is 0 Å². The molecule has 12 rings (SSSR count). The first-order chi connectivity index (χ1) is 47.2. The third kappa shape index (κ3) is 45.7. The average Bonchev–Trinajstić information content (AvgIpc) is 3.71. The molecular formula is C96H96. The molecule has 12 aromatic carbocycles. The van der Waals surface area contributed by atoms with Gasteiger partial charge in [-0.25, -0.2) is 0 Å². The molecule has 0 amide bonds. The Labute approximate surface area is 579 Å². The van der Waals surface area contributed by atoms with Gasteiger partial charge in [0.15, 0.2) is 0 Å². The summed E-state index contributed by atoms with van der Waals surface area (Å²) in [6, 6.07) is 120. The second-order valence-corrected chi connectivity index (χ2v) is 19.4. The number of hydrogen-bond donors (Lipinski definition) is 0. The smallest absolute Gasteiger partial charge is 0.0263 e.